The Hall–Kier alpha value is -4.72. The van der Waals surface area contributed by atoms with Gasteiger partial charge in [0.15, 0.2) is 0 Å². The van der Waals surface area contributed by atoms with Gasteiger partial charge in [-0.05, 0) is 176 Å². The maximum Gasteiger partial charge on any atom is 0.340 e. The van der Waals surface area contributed by atoms with Crippen molar-refractivity contribution in [2.45, 2.75) is 362 Å². The van der Waals surface area contributed by atoms with Gasteiger partial charge in [-0.1, -0.05) is 231 Å². The number of nitrogens with zero attached hydrogens (tertiary/aromatic N) is 7. The molecule has 4 aliphatic heterocycles. The van der Waals surface area contributed by atoms with Crippen molar-refractivity contribution in [2.75, 3.05) is 103 Å². The van der Waals surface area contributed by atoms with E-state index in [9.17, 15) is 54.0 Å². The fraction of sp³-hybridized carbons (Fsp3) is 0.900. The van der Waals surface area contributed by atoms with Gasteiger partial charge in [-0.15, -0.1) is 5.10 Å². The number of aliphatic carboxylic acids is 1. The second kappa shape index (κ2) is 61.6. The molecule has 27 nitrogen and oxygen atoms in total. The van der Waals surface area contributed by atoms with Crippen LogP contribution >= 0.6 is 0 Å². The summed E-state index contributed by atoms with van der Waals surface area (Å²) >= 11 is 0. The lowest BCUT2D eigenvalue weighted by Crippen LogP contribution is -2.47. The van der Waals surface area contributed by atoms with E-state index in [4.69, 9.17) is 25.8 Å². The van der Waals surface area contributed by atoms with Crippen LogP contribution in [0.2, 0.25) is 0 Å². The van der Waals surface area contributed by atoms with Gasteiger partial charge < -0.3 is 44.9 Å². The molecule has 6 N–H and O–H groups in total. The molecule has 1 unspecified atom stereocenters. The van der Waals surface area contributed by atoms with E-state index in [2.05, 4.69) is 198 Å². The molecule has 0 aromatic heterocycles. The van der Waals surface area contributed by atoms with E-state index in [1.54, 1.807) is 0 Å². The number of carbonyl (C=O) groups is 6. The fourth-order valence-corrected chi connectivity index (χ4v) is 12.9. The van der Waals surface area contributed by atoms with Gasteiger partial charge in [0, 0.05) is 76.1 Å². The molecule has 1 atom stereocenters. The molecular formula is C90H181N9O18S3. The minimum Gasteiger partial charge on any atom is -0.481 e. The quantitative estimate of drug-likeness (QED) is 0.0284. The predicted molar refractivity (Wildman–Crippen MR) is 496 cm³/mol. The number of likely N-dealkylation sites (N-methyl/N-ethyl adjacent to an activating group) is 1. The van der Waals surface area contributed by atoms with Crippen LogP contribution in [0.3, 0.4) is 0 Å². The fourth-order valence-electron chi connectivity index (χ4n) is 10.6. The zero-order valence-corrected chi connectivity index (χ0v) is 84.9. The van der Waals surface area contributed by atoms with Crippen molar-refractivity contribution >= 4 is 82.4 Å². The number of carboxylic acid groups (broad SMARTS) is 1. The smallest absolute Gasteiger partial charge is 0.340 e. The molecule has 0 spiro atoms. The first-order valence-corrected chi connectivity index (χ1v) is 49.1. The number of aliphatic hydroxyl groups excluding tert-OH is 1. The number of unbranched alkanes of at least 4 members (excludes halogenated alkanes) is 2. The number of oxime groups is 2. The molecule has 1 amide bonds. The molecule has 1 fully saturated rings. The van der Waals surface area contributed by atoms with E-state index < -0.39 is 35.7 Å². The zero-order chi connectivity index (χ0) is 95.2. The van der Waals surface area contributed by atoms with Crippen LogP contribution in [-0.2, 0) is 77.6 Å². The summed E-state index contributed by atoms with van der Waals surface area (Å²) in [5.74, 6) is -0.171. The van der Waals surface area contributed by atoms with Crippen LogP contribution in [0.4, 0.5) is 0 Å². The number of carbonyl (C=O) groups excluding carboxylic acids is 5. The number of methoxy groups -OCH3 is 1. The monoisotopic (exact) mass is 1770 g/mol. The third kappa shape index (κ3) is 104. The van der Waals surface area contributed by atoms with Crippen LogP contribution in [-0.4, -0.2) is 201 Å². The molecule has 0 aromatic carbocycles. The van der Waals surface area contributed by atoms with E-state index in [1.165, 1.54) is 32.5 Å². The Morgan fingerprint density at radius 1 is 0.492 bits per heavy atom. The number of carboxylic acids is 1. The summed E-state index contributed by atoms with van der Waals surface area (Å²) in [6.45, 7) is 69.4. The molecule has 0 bridgehead atoms. The van der Waals surface area contributed by atoms with Crippen LogP contribution in [0.5, 0.6) is 0 Å². The maximum absolute atomic E-state index is 11.8. The normalized spacial score (nSPS) is 15.0. The first kappa shape index (κ1) is 126. The van der Waals surface area contributed by atoms with Gasteiger partial charge >= 0.3 is 23.9 Å². The molecule has 0 aromatic rings. The highest BCUT2D eigenvalue weighted by molar-refractivity contribution is 7.91. The summed E-state index contributed by atoms with van der Waals surface area (Å²) in [6.07, 6.45) is 22.9. The highest BCUT2D eigenvalue weighted by atomic mass is 32.2. The lowest BCUT2D eigenvalue weighted by atomic mass is 9.78. The van der Waals surface area contributed by atoms with Crippen molar-refractivity contribution < 1.29 is 83.4 Å². The molecule has 4 heterocycles. The van der Waals surface area contributed by atoms with Gasteiger partial charge in [0.1, 0.15) is 32.0 Å². The van der Waals surface area contributed by atoms with E-state index >= 15 is 0 Å². The Morgan fingerprint density at radius 3 is 1.23 bits per heavy atom. The number of hydrogen-bond acceptors (Lipinski definition) is 24. The number of ether oxygens (including phenoxy) is 2. The Morgan fingerprint density at radius 2 is 0.900 bits per heavy atom. The number of esters is 1. The Labute approximate surface area is 732 Å². The first-order chi connectivity index (χ1) is 53.8. The zero-order valence-electron chi connectivity index (χ0n) is 82.5. The van der Waals surface area contributed by atoms with E-state index in [1.807, 2.05) is 67.2 Å². The van der Waals surface area contributed by atoms with Crippen molar-refractivity contribution in [2.24, 2.45) is 96.7 Å². The summed E-state index contributed by atoms with van der Waals surface area (Å²) in [6, 6.07) is 0. The number of primary sulfonamides is 1. The Balaban J connectivity index is -0.000000302. The highest BCUT2D eigenvalue weighted by Crippen LogP contribution is 2.31. The van der Waals surface area contributed by atoms with Crippen molar-refractivity contribution in [3.63, 3.8) is 0 Å². The van der Waals surface area contributed by atoms with Gasteiger partial charge in [0.2, 0.25) is 15.9 Å². The Bertz CT molecular complexity index is 3310. The molecular weight excluding hydrogens is 1590 g/mol. The standard InChI is InChI=1S/C11H22N2O.C11H22O3.C10H17NO2.C10H21NO2.C9H17N3.C9H15NO2.C9H20O2S.C8H18O2S.C7H14O2.C6H15NO2S/c1-11(2,3)9-10(14)13-7-5-12(4)6-8-13;1-11(2,3)9-10(13)5-4-7-14-8-6-12;1-10(2,3)6-4-5-8-7-9(12)13-11-8;1-10(2,3)8(9(12)13)6-4-5-7-11;1-9(2,3)6-4-5-8-7-10-12-11-8;1-9(2,3)5-4-7-6-8(11)12-10-7;1-9(2,3)7-5-6-8-12(4,10)11;1-8(2,3)6-5-7-11(4,9)10;1-7(2,3)5-6(8)9-4;1-6(2,3)4-5-10(7,8)9/h5-9H2,1-4H3;12H,4-9H2,1-3H3;4-7H2,1-3H3;8H,4-7,11H2,1-3H3,(H,12,13);4-7H2,1-3H3;4-6H2,1-3H3;5-8H2,1-4H3;5-7H2,1-4H3;5H2,1-4H3;4-5H2,1-3H3,(H2,7,8,9). The van der Waals surface area contributed by atoms with Crippen molar-refractivity contribution in [3.05, 3.63) is 0 Å². The van der Waals surface area contributed by atoms with Crippen LogP contribution in [0.15, 0.2) is 25.8 Å². The van der Waals surface area contributed by atoms with E-state index in [0.29, 0.717) is 110 Å². The Kier molecular flexibility index (Phi) is 64.7. The van der Waals surface area contributed by atoms with E-state index in [0.717, 1.165) is 146 Å². The third-order valence-electron chi connectivity index (χ3n) is 17.4. The lowest BCUT2D eigenvalue weighted by Gasteiger charge is -2.34. The van der Waals surface area contributed by atoms with Crippen LogP contribution in [0.1, 0.15) is 362 Å². The van der Waals surface area contributed by atoms with Crippen LogP contribution < -0.4 is 10.9 Å². The number of piperazine rings is 1. The number of rotatable bonds is 31. The minimum atomic E-state index is -3.26. The molecule has 712 valence electrons. The van der Waals surface area contributed by atoms with Crippen molar-refractivity contribution in [1.82, 2.24) is 9.80 Å². The topological polar surface area (TPSA) is 403 Å². The predicted octanol–water partition coefficient (Wildman–Crippen LogP) is 18.9. The molecule has 4 aliphatic rings. The van der Waals surface area contributed by atoms with Crippen molar-refractivity contribution in [1.29, 1.82) is 0 Å². The molecule has 30 heteroatoms. The second-order valence-electron chi connectivity index (χ2n) is 44.2. The summed E-state index contributed by atoms with van der Waals surface area (Å²) < 4.78 is 73.4. The average molecular weight is 1770 g/mol. The number of ketones is 1. The van der Waals surface area contributed by atoms with Crippen LogP contribution in [0.25, 0.3) is 0 Å². The largest absolute Gasteiger partial charge is 0.481 e. The summed E-state index contributed by atoms with van der Waals surface area (Å²) in [5, 5.41) is 40.9. The SMILES string of the molecule is CC(C)(C)C(CCCCN)C(=O)O.CC(C)(C)CC(=O)CCCOCCO.CC(C)(C)CCC1=NOC(=O)C1.CC(C)(C)CCCC1=NN=NC1.CC(C)(C)CCCC1=NOC(=O)C1.CC(C)(C)CCCCS(C)(=O)=O.CC(C)(C)CCCS(C)(=O)=O.CC(C)(C)CCS(N)(=O)=O.CN1CCN(C(=O)CC(C)(C)C)CC1.COC(=O)CC(C)(C)C. The number of hydrogen-bond donors (Lipinski definition) is 4. The third-order valence-corrected chi connectivity index (χ3v) is 20.2. The van der Waals surface area contributed by atoms with Gasteiger partial charge in [-0.3, -0.25) is 19.2 Å². The number of sulfone groups is 2. The molecule has 120 heavy (non-hydrogen) atoms. The van der Waals surface area contributed by atoms with Gasteiger partial charge in [0.25, 0.3) is 0 Å². The molecule has 0 radical (unpaired) electrons. The highest BCUT2D eigenvalue weighted by Gasteiger charge is 2.31. The number of Topliss-reactive ketones (excluding diaryl/α,β-unsaturated/α-hetero) is 1. The molecule has 0 saturated carbocycles. The average Bonchev–Trinajstić information content (AvgIpc) is 1.21. The molecule has 4 rings (SSSR count). The van der Waals surface area contributed by atoms with E-state index in [-0.39, 0.29) is 68.7 Å². The lowest BCUT2D eigenvalue weighted by molar-refractivity contribution is -0.146. The summed E-state index contributed by atoms with van der Waals surface area (Å²) in [5.41, 5.74) is 10.1. The summed E-state index contributed by atoms with van der Waals surface area (Å²) in [7, 11) is -5.23. The molecule has 0 aliphatic carbocycles. The van der Waals surface area contributed by atoms with Crippen molar-refractivity contribution in [3.8, 4) is 0 Å². The van der Waals surface area contributed by atoms with Gasteiger partial charge in [0.05, 0.1) is 68.4 Å². The number of sulfonamides is 1. The number of aliphatic hydroxyl groups is 1. The van der Waals surface area contributed by atoms with Gasteiger partial charge in [-0.25, -0.2) is 40.0 Å². The molecule has 1 saturated heterocycles. The number of amides is 1. The summed E-state index contributed by atoms with van der Waals surface area (Å²) in [4.78, 5) is 79.3. The number of nitrogens with two attached hydrogens (primary N) is 2. The minimum absolute atomic E-state index is 0.0481. The van der Waals surface area contributed by atoms with Gasteiger partial charge in [-0.2, -0.15) is 5.11 Å². The van der Waals surface area contributed by atoms with Crippen LogP contribution in [0, 0.1) is 60.1 Å². The second-order valence-corrected chi connectivity index (χ2v) is 50.4. The first-order valence-electron chi connectivity index (χ1n) is 43.3. The maximum atomic E-state index is 11.8.